The van der Waals surface area contributed by atoms with Gasteiger partial charge in [-0.2, -0.15) is 11.8 Å². The first-order chi connectivity index (χ1) is 11.3. The van der Waals surface area contributed by atoms with Crippen molar-refractivity contribution >= 4 is 29.1 Å². The standard InChI is InChI=1S/C17H24N4S2/c1-18-17(19-10-6-7-11-22-2)20-12-15-13-23-16(21-15)14-8-4-3-5-9-14/h3-5,8-9,13H,6-7,10-12H2,1-2H3,(H2,18,19,20). The quantitative estimate of drug-likeness (QED) is 0.435. The molecule has 0 aliphatic carbocycles. The molecule has 124 valence electrons. The second-order valence-corrected chi connectivity index (χ2v) is 6.91. The van der Waals surface area contributed by atoms with Crippen molar-refractivity contribution in [1.82, 2.24) is 15.6 Å². The van der Waals surface area contributed by atoms with Gasteiger partial charge in [0.15, 0.2) is 5.96 Å². The van der Waals surface area contributed by atoms with E-state index in [1.54, 1.807) is 18.4 Å². The largest absolute Gasteiger partial charge is 0.356 e. The molecule has 0 bridgehead atoms. The Balaban J connectivity index is 1.77. The third-order valence-corrected chi connectivity index (χ3v) is 4.94. The van der Waals surface area contributed by atoms with Crippen molar-refractivity contribution in [3.63, 3.8) is 0 Å². The van der Waals surface area contributed by atoms with E-state index in [0.29, 0.717) is 6.54 Å². The van der Waals surface area contributed by atoms with E-state index in [4.69, 9.17) is 0 Å². The number of guanidine groups is 1. The molecule has 23 heavy (non-hydrogen) atoms. The van der Waals surface area contributed by atoms with Crippen molar-refractivity contribution in [2.45, 2.75) is 19.4 Å². The molecule has 4 nitrogen and oxygen atoms in total. The summed E-state index contributed by atoms with van der Waals surface area (Å²) in [6.45, 7) is 1.64. The summed E-state index contributed by atoms with van der Waals surface area (Å²) in [5, 5.41) is 9.82. The number of aliphatic imine (C=N–C) groups is 1. The first kappa shape index (κ1) is 17.8. The lowest BCUT2D eigenvalue weighted by molar-refractivity contribution is 0.730. The summed E-state index contributed by atoms with van der Waals surface area (Å²) in [7, 11) is 1.80. The van der Waals surface area contributed by atoms with E-state index >= 15 is 0 Å². The van der Waals surface area contributed by atoms with Crippen LogP contribution in [0.3, 0.4) is 0 Å². The van der Waals surface area contributed by atoms with Crippen LogP contribution >= 0.6 is 23.1 Å². The Morgan fingerprint density at radius 2 is 2.04 bits per heavy atom. The number of unbranched alkanes of at least 4 members (excludes halogenated alkanes) is 1. The van der Waals surface area contributed by atoms with Gasteiger partial charge in [-0.15, -0.1) is 11.3 Å². The Hall–Kier alpha value is -1.53. The van der Waals surface area contributed by atoms with E-state index in [2.05, 4.69) is 44.4 Å². The summed E-state index contributed by atoms with van der Waals surface area (Å²) in [5.41, 5.74) is 2.21. The molecule has 0 amide bonds. The van der Waals surface area contributed by atoms with Crippen LogP contribution in [0.2, 0.25) is 0 Å². The highest BCUT2D eigenvalue weighted by molar-refractivity contribution is 7.98. The maximum absolute atomic E-state index is 4.68. The van der Waals surface area contributed by atoms with Crippen LogP contribution in [0, 0.1) is 0 Å². The molecular formula is C17H24N4S2. The minimum Gasteiger partial charge on any atom is -0.356 e. The summed E-state index contributed by atoms with van der Waals surface area (Å²) in [4.78, 5) is 8.93. The van der Waals surface area contributed by atoms with Gasteiger partial charge in [-0.3, -0.25) is 4.99 Å². The maximum atomic E-state index is 4.68. The number of hydrogen-bond acceptors (Lipinski definition) is 4. The van der Waals surface area contributed by atoms with Gasteiger partial charge in [-0.05, 0) is 24.9 Å². The fraction of sp³-hybridized carbons (Fsp3) is 0.412. The first-order valence-corrected chi connectivity index (χ1v) is 10.0. The Morgan fingerprint density at radius 1 is 1.22 bits per heavy atom. The van der Waals surface area contributed by atoms with Crippen LogP contribution in [0.15, 0.2) is 40.7 Å². The molecule has 0 atom stereocenters. The molecule has 0 saturated carbocycles. The SMILES string of the molecule is CN=C(NCCCCSC)NCc1csc(-c2ccccc2)n1. The van der Waals surface area contributed by atoms with Crippen molar-refractivity contribution in [1.29, 1.82) is 0 Å². The first-order valence-electron chi connectivity index (χ1n) is 7.76. The summed E-state index contributed by atoms with van der Waals surface area (Å²) in [6, 6.07) is 10.3. The van der Waals surface area contributed by atoms with Gasteiger partial charge in [-0.25, -0.2) is 4.98 Å². The van der Waals surface area contributed by atoms with Crippen LogP contribution in [0.1, 0.15) is 18.5 Å². The van der Waals surface area contributed by atoms with Crippen molar-refractivity contribution < 1.29 is 0 Å². The maximum Gasteiger partial charge on any atom is 0.191 e. The van der Waals surface area contributed by atoms with Crippen molar-refractivity contribution in [2.75, 3.05) is 25.6 Å². The minimum atomic E-state index is 0.688. The number of nitrogens with one attached hydrogen (secondary N) is 2. The summed E-state index contributed by atoms with van der Waals surface area (Å²) >= 11 is 3.57. The van der Waals surface area contributed by atoms with Crippen LogP contribution in [0.5, 0.6) is 0 Å². The van der Waals surface area contributed by atoms with Crippen molar-refractivity contribution in [2.24, 2.45) is 4.99 Å². The van der Waals surface area contributed by atoms with Crippen LogP contribution in [-0.4, -0.2) is 36.5 Å². The van der Waals surface area contributed by atoms with Gasteiger partial charge in [0.2, 0.25) is 0 Å². The average Bonchev–Trinajstić information content (AvgIpc) is 3.07. The summed E-state index contributed by atoms with van der Waals surface area (Å²) in [5.74, 6) is 2.05. The van der Waals surface area contributed by atoms with Crippen molar-refractivity contribution in [3.8, 4) is 10.6 Å². The fourth-order valence-electron chi connectivity index (χ4n) is 2.07. The lowest BCUT2D eigenvalue weighted by atomic mass is 10.2. The Kier molecular flexibility index (Phi) is 7.97. The predicted molar refractivity (Wildman–Crippen MR) is 103 cm³/mol. The lowest BCUT2D eigenvalue weighted by Crippen LogP contribution is -2.37. The summed E-state index contributed by atoms with van der Waals surface area (Å²) < 4.78 is 0. The minimum absolute atomic E-state index is 0.688. The Labute approximate surface area is 146 Å². The van der Waals surface area contributed by atoms with E-state index in [1.807, 2.05) is 30.0 Å². The van der Waals surface area contributed by atoms with Crippen LogP contribution in [-0.2, 0) is 6.54 Å². The van der Waals surface area contributed by atoms with Gasteiger partial charge in [0, 0.05) is 24.5 Å². The van der Waals surface area contributed by atoms with E-state index < -0.39 is 0 Å². The van der Waals surface area contributed by atoms with E-state index in [0.717, 1.165) is 29.6 Å². The number of nitrogens with zero attached hydrogens (tertiary/aromatic N) is 2. The highest BCUT2D eigenvalue weighted by Gasteiger charge is 2.05. The molecule has 2 rings (SSSR count). The second kappa shape index (κ2) is 10.3. The number of rotatable bonds is 8. The normalized spacial score (nSPS) is 11.5. The third-order valence-electron chi connectivity index (χ3n) is 3.30. The summed E-state index contributed by atoms with van der Waals surface area (Å²) in [6.07, 6.45) is 4.54. The zero-order valence-corrected chi connectivity index (χ0v) is 15.3. The lowest BCUT2D eigenvalue weighted by Gasteiger charge is -2.10. The zero-order valence-electron chi connectivity index (χ0n) is 13.7. The van der Waals surface area contributed by atoms with Crippen LogP contribution in [0.25, 0.3) is 10.6 Å². The van der Waals surface area contributed by atoms with Crippen molar-refractivity contribution in [3.05, 3.63) is 41.4 Å². The zero-order chi connectivity index (χ0) is 16.3. The average molecular weight is 349 g/mol. The topological polar surface area (TPSA) is 49.3 Å². The Bertz CT molecular complexity index is 596. The number of benzene rings is 1. The second-order valence-electron chi connectivity index (χ2n) is 5.06. The molecule has 0 unspecified atom stereocenters. The molecule has 0 spiro atoms. The monoisotopic (exact) mass is 348 g/mol. The molecule has 0 radical (unpaired) electrons. The molecule has 6 heteroatoms. The van der Waals surface area contributed by atoms with Gasteiger partial charge in [-0.1, -0.05) is 30.3 Å². The van der Waals surface area contributed by atoms with Gasteiger partial charge < -0.3 is 10.6 Å². The van der Waals surface area contributed by atoms with Gasteiger partial charge in [0.05, 0.1) is 12.2 Å². The molecule has 2 aromatic rings. The smallest absolute Gasteiger partial charge is 0.191 e. The highest BCUT2D eigenvalue weighted by Crippen LogP contribution is 2.23. The number of aromatic nitrogens is 1. The van der Waals surface area contributed by atoms with Crippen LogP contribution < -0.4 is 10.6 Å². The van der Waals surface area contributed by atoms with Gasteiger partial charge in [0.1, 0.15) is 5.01 Å². The van der Waals surface area contributed by atoms with E-state index in [9.17, 15) is 0 Å². The number of thiazole rings is 1. The Morgan fingerprint density at radius 3 is 2.78 bits per heavy atom. The molecule has 2 N–H and O–H groups in total. The predicted octanol–water partition coefficient (Wildman–Crippen LogP) is 3.62. The van der Waals surface area contributed by atoms with E-state index in [1.165, 1.54) is 17.7 Å². The number of hydrogen-bond donors (Lipinski definition) is 2. The van der Waals surface area contributed by atoms with Gasteiger partial charge in [0.25, 0.3) is 0 Å². The third kappa shape index (κ3) is 6.23. The van der Waals surface area contributed by atoms with E-state index in [-0.39, 0.29) is 0 Å². The molecular weight excluding hydrogens is 324 g/mol. The molecule has 0 aliphatic heterocycles. The molecule has 0 saturated heterocycles. The number of thioether (sulfide) groups is 1. The van der Waals surface area contributed by atoms with Gasteiger partial charge >= 0.3 is 0 Å². The highest BCUT2D eigenvalue weighted by atomic mass is 32.2. The molecule has 1 aromatic heterocycles. The molecule has 1 aromatic carbocycles. The van der Waals surface area contributed by atoms with Crippen LogP contribution in [0.4, 0.5) is 0 Å². The molecule has 1 heterocycles. The molecule has 0 aliphatic rings. The molecule has 0 fully saturated rings. The fourth-order valence-corrected chi connectivity index (χ4v) is 3.39.